The first-order chi connectivity index (χ1) is 9.10. The topological polar surface area (TPSA) is 49.4 Å². The minimum atomic E-state index is -3.01. The van der Waals surface area contributed by atoms with Gasteiger partial charge in [-0.05, 0) is 64.2 Å². The number of hydrogen-bond donors (Lipinski definition) is 1. The number of rotatable bonds is 5. The lowest BCUT2D eigenvalue weighted by Gasteiger charge is -2.34. The molecule has 2 rings (SSSR count). The normalized spacial score (nSPS) is 27.5. The van der Waals surface area contributed by atoms with Crippen molar-refractivity contribution >= 4 is 10.0 Å². The lowest BCUT2D eigenvalue weighted by atomic mass is 9.86. The summed E-state index contributed by atoms with van der Waals surface area (Å²) < 4.78 is 25.0. The third kappa shape index (κ3) is 4.71. The van der Waals surface area contributed by atoms with E-state index < -0.39 is 10.0 Å². The van der Waals surface area contributed by atoms with Crippen molar-refractivity contribution in [2.45, 2.75) is 58.4 Å². The van der Waals surface area contributed by atoms with Crippen molar-refractivity contribution in [2.24, 2.45) is 11.3 Å². The van der Waals surface area contributed by atoms with Crippen LogP contribution in [0.2, 0.25) is 0 Å². The van der Waals surface area contributed by atoms with Gasteiger partial charge in [0.25, 0.3) is 0 Å². The summed E-state index contributed by atoms with van der Waals surface area (Å²) in [5.74, 6) is 0.544. The molecule has 0 aromatic heterocycles. The molecular weight excluding hydrogens is 272 g/mol. The van der Waals surface area contributed by atoms with E-state index in [0.29, 0.717) is 17.9 Å². The lowest BCUT2D eigenvalue weighted by Crippen LogP contribution is -2.42. The van der Waals surface area contributed by atoms with E-state index in [-0.39, 0.29) is 5.54 Å². The van der Waals surface area contributed by atoms with E-state index in [1.807, 2.05) is 0 Å². The Balaban J connectivity index is 1.87. The molecule has 0 amide bonds. The molecule has 118 valence electrons. The Hall–Kier alpha value is -0.130. The van der Waals surface area contributed by atoms with Crippen LogP contribution in [0.3, 0.4) is 0 Å². The number of nitrogens with one attached hydrogen (secondary N) is 1. The molecular formula is C15H30N2O2S. The fourth-order valence-electron chi connectivity index (χ4n) is 3.19. The fourth-order valence-corrected chi connectivity index (χ4v) is 4.13. The van der Waals surface area contributed by atoms with Gasteiger partial charge in [-0.3, -0.25) is 0 Å². The van der Waals surface area contributed by atoms with Crippen LogP contribution in [0, 0.1) is 11.3 Å². The predicted octanol–water partition coefficient (Wildman–Crippen LogP) is 2.22. The van der Waals surface area contributed by atoms with Crippen LogP contribution in [0.5, 0.6) is 0 Å². The zero-order valence-corrected chi connectivity index (χ0v) is 14.2. The fraction of sp³-hybridized carbons (Fsp3) is 1.00. The number of sulfonamides is 1. The molecule has 0 bridgehead atoms. The number of nitrogens with zero attached hydrogens (tertiary/aromatic N) is 1. The minimum Gasteiger partial charge on any atom is -0.312 e. The second-order valence-electron chi connectivity index (χ2n) is 7.94. The van der Waals surface area contributed by atoms with Gasteiger partial charge in [-0.15, -0.1) is 0 Å². The third-order valence-corrected chi connectivity index (χ3v) is 5.89. The molecule has 1 saturated heterocycles. The third-order valence-electron chi connectivity index (χ3n) is 4.62. The minimum absolute atomic E-state index is 0.168. The van der Waals surface area contributed by atoms with Crippen LogP contribution in [-0.2, 0) is 10.0 Å². The van der Waals surface area contributed by atoms with Crippen LogP contribution < -0.4 is 5.32 Å². The summed E-state index contributed by atoms with van der Waals surface area (Å²) in [5.41, 5.74) is 0.611. The lowest BCUT2D eigenvalue weighted by molar-refractivity contribution is 0.214. The summed E-state index contributed by atoms with van der Waals surface area (Å²) in [7, 11) is -3.01. The molecule has 4 nitrogen and oxygen atoms in total. The average molecular weight is 302 g/mol. The zero-order valence-electron chi connectivity index (χ0n) is 13.4. The van der Waals surface area contributed by atoms with E-state index in [2.05, 4.69) is 26.1 Å². The van der Waals surface area contributed by atoms with Crippen LogP contribution in [0.15, 0.2) is 0 Å². The van der Waals surface area contributed by atoms with Gasteiger partial charge in [0.1, 0.15) is 0 Å². The molecule has 0 aromatic carbocycles. The average Bonchev–Trinajstić information content (AvgIpc) is 3.05. The second-order valence-corrected chi connectivity index (χ2v) is 9.92. The van der Waals surface area contributed by atoms with Crippen molar-refractivity contribution in [3.63, 3.8) is 0 Å². The largest absolute Gasteiger partial charge is 0.312 e. The SMILES string of the molecule is CC(C)(C)NCC1(CC2CCCN(S(C)(=O)=O)C2)CC1. The summed E-state index contributed by atoms with van der Waals surface area (Å²) in [4.78, 5) is 0. The van der Waals surface area contributed by atoms with Crippen molar-refractivity contribution < 1.29 is 8.42 Å². The highest BCUT2D eigenvalue weighted by Crippen LogP contribution is 2.51. The molecule has 1 saturated carbocycles. The van der Waals surface area contributed by atoms with Gasteiger partial charge in [-0.1, -0.05) is 0 Å². The van der Waals surface area contributed by atoms with E-state index >= 15 is 0 Å². The molecule has 1 heterocycles. The molecule has 2 aliphatic rings. The Morgan fingerprint density at radius 2 is 1.95 bits per heavy atom. The molecule has 1 unspecified atom stereocenters. The van der Waals surface area contributed by atoms with Gasteiger partial charge in [0.15, 0.2) is 0 Å². The zero-order chi connectivity index (χ0) is 15.0. The highest BCUT2D eigenvalue weighted by Gasteiger charge is 2.45. The standard InChI is InChI=1S/C15H30N2O2S/c1-14(2,3)16-12-15(7-8-15)10-13-6-5-9-17(11-13)20(4,18)19/h13,16H,5-12H2,1-4H3. The van der Waals surface area contributed by atoms with Crippen molar-refractivity contribution in [3.05, 3.63) is 0 Å². The highest BCUT2D eigenvalue weighted by atomic mass is 32.2. The van der Waals surface area contributed by atoms with Crippen LogP contribution in [0.25, 0.3) is 0 Å². The number of piperidine rings is 1. The Morgan fingerprint density at radius 3 is 2.45 bits per heavy atom. The molecule has 20 heavy (non-hydrogen) atoms. The Morgan fingerprint density at radius 1 is 1.30 bits per heavy atom. The Labute approximate surface area is 124 Å². The van der Waals surface area contributed by atoms with Crippen LogP contribution in [0.4, 0.5) is 0 Å². The summed E-state index contributed by atoms with van der Waals surface area (Å²) in [6.07, 6.45) is 7.31. The molecule has 2 fully saturated rings. The summed E-state index contributed by atoms with van der Waals surface area (Å²) in [5, 5.41) is 3.62. The predicted molar refractivity (Wildman–Crippen MR) is 83.2 cm³/mol. The first-order valence-corrected chi connectivity index (χ1v) is 9.65. The van der Waals surface area contributed by atoms with Crippen LogP contribution >= 0.6 is 0 Å². The van der Waals surface area contributed by atoms with Gasteiger partial charge in [-0.25, -0.2) is 12.7 Å². The quantitative estimate of drug-likeness (QED) is 0.847. The van der Waals surface area contributed by atoms with Crippen molar-refractivity contribution in [1.82, 2.24) is 9.62 Å². The highest BCUT2D eigenvalue weighted by molar-refractivity contribution is 7.88. The van der Waals surface area contributed by atoms with Gasteiger partial charge in [0.05, 0.1) is 6.26 Å². The van der Waals surface area contributed by atoms with Crippen LogP contribution in [-0.4, -0.2) is 44.2 Å². The molecule has 1 N–H and O–H groups in total. The monoisotopic (exact) mass is 302 g/mol. The Kier molecular flexibility index (Phi) is 4.53. The summed E-state index contributed by atoms with van der Waals surface area (Å²) in [6.45, 7) is 9.13. The van der Waals surface area contributed by atoms with Gasteiger partial charge < -0.3 is 5.32 Å². The van der Waals surface area contributed by atoms with E-state index in [1.165, 1.54) is 31.9 Å². The molecule has 0 spiro atoms. The molecule has 0 aromatic rings. The van der Waals surface area contributed by atoms with Gasteiger partial charge in [0.2, 0.25) is 10.0 Å². The van der Waals surface area contributed by atoms with Crippen LogP contribution in [0.1, 0.15) is 52.9 Å². The molecule has 1 aliphatic carbocycles. The second kappa shape index (κ2) is 5.58. The molecule has 1 atom stereocenters. The first-order valence-electron chi connectivity index (χ1n) is 7.80. The summed E-state index contributed by atoms with van der Waals surface area (Å²) in [6, 6.07) is 0. The molecule has 0 radical (unpaired) electrons. The smallest absolute Gasteiger partial charge is 0.211 e. The van der Waals surface area contributed by atoms with Gasteiger partial charge >= 0.3 is 0 Å². The Bertz CT molecular complexity index is 435. The van der Waals surface area contributed by atoms with E-state index in [1.54, 1.807) is 4.31 Å². The maximum Gasteiger partial charge on any atom is 0.211 e. The maximum atomic E-state index is 11.7. The van der Waals surface area contributed by atoms with E-state index in [0.717, 1.165) is 19.5 Å². The van der Waals surface area contributed by atoms with Crippen molar-refractivity contribution in [3.8, 4) is 0 Å². The van der Waals surface area contributed by atoms with Crippen molar-refractivity contribution in [1.29, 1.82) is 0 Å². The summed E-state index contributed by atoms with van der Waals surface area (Å²) >= 11 is 0. The van der Waals surface area contributed by atoms with E-state index in [4.69, 9.17) is 0 Å². The molecule has 5 heteroatoms. The van der Waals surface area contributed by atoms with Gasteiger partial charge in [-0.2, -0.15) is 0 Å². The van der Waals surface area contributed by atoms with Crippen molar-refractivity contribution in [2.75, 3.05) is 25.9 Å². The van der Waals surface area contributed by atoms with Gasteiger partial charge in [0, 0.05) is 25.2 Å². The molecule has 1 aliphatic heterocycles. The number of hydrogen-bond acceptors (Lipinski definition) is 3. The maximum absolute atomic E-state index is 11.7. The first kappa shape index (κ1) is 16.2. The van der Waals surface area contributed by atoms with E-state index in [9.17, 15) is 8.42 Å².